The monoisotopic (exact) mass is 430 g/mol. The van der Waals surface area contributed by atoms with E-state index in [2.05, 4.69) is 0 Å². The molecule has 0 saturated carbocycles. The van der Waals surface area contributed by atoms with Crippen molar-refractivity contribution in [3.8, 4) is 0 Å². The van der Waals surface area contributed by atoms with Gasteiger partial charge in [0.2, 0.25) is 0 Å². The summed E-state index contributed by atoms with van der Waals surface area (Å²) in [5.74, 6) is -0.740. The maximum Gasteiger partial charge on any atom is 0.340 e. The Hall–Kier alpha value is -4.07. The van der Waals surface area contributed by atoms with Crippen LogP contribution in [0.4, 0.5) is 0 Å². The van der Waals surface area contributed by atoms with Crippen molar-refractivity contribution in [2.24, 2.45) is 5.73 Å². The SMILES string of the molecule is CCOC(=O)C1=C(N)n2c(=O)c3ccccc3c(=O)n2C1c1cc2ccccc2n1CC. The molecule has 2 aromatic heterocycles. The number of nitrogens with two attached hydrogens (primary N) is 1. The number of ether oxygens (including phenoxy) is 1. The van der Waals surface area contributed by atoms with E-state index in [9.17, 15) is 14.4 Å². The van der Waals surface area contributed by atoms with Crippen molar-refractivity contribution in [2.75, 3.05) is 6.61 Å². The van der Waals surface area contributed by atoms with Gasteiger partial charge in [-0.2, -0.15) is 4.68 Å². The Balaban J connectivity index is 1.92. The van der Waals surface area contributed by atoms with E-state index in [1.807, 2.05) is 41.8 Å². The number of hydrogen-bond donors (Lipinski definition) is 1. The van der Waals surface area contributed by atoms with E-state index < -0.39 is 23.1 Å². The van der Waals surface area contributed by atoms with E-state index in [0.29, 0.717) is 12.2 Å². The predicted octanol–water partition coefficient (Wildman–Crippen LogP) is 2.43. The van der Waals surface area contributed by atoms with Gasteiger partial charge in [0.1, 0.15) is 17.4 Å². The maximum absolute atomic E-state index is 13.6. The second kappa shape index (κ2) is 7.26. The molecule has 0 amide bonds. The fourth-order valence-corrected chi connectivity index (χ4v) is 4.63. The lowest BCUT2D eigenvalue weighted by Gasteiger charge is -2.20. The summed E-state index contributed by atoms with van der Waals surface area (Å²) in [5, 5.41) is 1.48. The Morgan fingerprint density at radius 2 is 1.66 bits per heavy atom. The first kappa shape index (κ1) is 19.9. The molecule has 2 N–H and O–H groups in total. The van der Waals surface area contributed by atoms with Crippen LogP contribution in [0.1, 0.15) is 25.6 Å². The summed E-state index contributed by atoms with van der Waals surface area (Å²) >= 11 is 0. The molecule has 5 rings (SSSR count). The van der Waals surface area contributed by atoms with E-state index in [1.165, 1.54) is 4.68 Å². The second-order valence-electron chi connectivity index (χ2n) is 7.61. The minimum absolute atomic E-state index is 0.0823. The van der Waals surface area contributed by atoms with Crippen molar-refractivity contribution in [1.29, 1.82) is 0 Å². The van der Waals surface area contributed by atoms with Crippen LogP contribution in [0.15, 0.2) is 69.8 Å². The Morgan fingerprint density at radius 1 is 1.00 bits per heavy atom. The first-order chi connectivity index (χ1) is 15.5. The number of hydrogen-bond acceptors (Lipinski definition) is 5. The first-order valence-corrected chi connectivity index (χ1v) is 10.5. The zero-order chi connectivity index (χ0) is 22.6. The fraction of sp³-hybridized carbons (Fsp3) is 0.208. The highest BCUT2D eigenvalue weighted by Crippen LogP contribution is 2.36. The summed E-state index contributed by atoms with van der Waals surface area (Å²) in [6, 6.07) is 15.4. The van der Waals surface area contributed by atoms with Crippen LogP contribution in [0.3, 0.4) is 0 Å². The van der Waals surface area contributed by atoms with Crippen molar-refractivity contribution in [2.45, 2.75) is 26.4 Å². The molecule has 1 atom stereocenters. The number of esters is 1. The largest absolute Gasteiger partial charge is 0.462 e. The predicted molar refractivity (Wildman–Crippen MR) is 122 cm³/mol. The molecule has 0 radical (unpaired) electrons. The van der Waals surface area contributed by atoms with Gasteiger partial charge in [0.05, 0.1) is 17.4 Å². The van der Waals surface area contributed by atoms with Crippen LogP contribution in [0.25, 0.3) is 27.5 Å². The number of carbonyl (C=O) groups excluding carboxylic acids is 1. The maximum atomic E-state index is 13.6. The Bertz CT molecular complexity index is 1550. The Kier molecular flexibility index (Phi) is 4.51. The highest BCUT2D eigenvalue weighted by Gasteiger charge is 2.40. The molecule has 1 aliphatic heterocycles. The molecule has 0 aliphatic carbocycles. The molecular formula is C24H22N4O4. The average molecular weight is 430 g/mol. The molecule has 8 nitrogen and oxygen atoms in total. The van der Waals surface area contributed by atoms with Gasteiger partial charge in [0.15, 0.2) is 0 Å². The Labute approximate surface area is 182 Å². The molecule has 162 valence electrons. The van der Waals surface area contributed by atoms with Crippen LogP contribution in [0.2, 0.25) is 0 Å². The number of rotatable bonds is 4. The van der Waals surface area contributed by atoms with E-state index in [4.69, 9.17) is 10.5 Å². The molecule has 0 fully saturated rings. The van der Waals surface area contributed by atoms with Crippen LogP contribution in [0, 0.1) is 0 Å². The first-order valence-electron chi connectivity index (χ1n) is 10.5. The van der Waals surface area contributed by atoms with Crippen LogP contribution in [0.5, 0.6) is 0 Å². The molecular weight excluding hydrogens is 408 g/mol. The third-order valence-electron chi connectivity index (χ3n) is 5.96. The number of aryl methyl sites for hydroxylation is 1. The number of aromatic nitrogens is 3. The minimum Gasteiger partial charge on any atom is -0.462 e. The van der Waals surface area contributed by atoms with Crippen molar-refractivity contribution < 1.29 is 9.53 Å². The molecule has 1 unspecified atom stereocenters. The standard InChI is InChI=1S/C24H22N4O4/c1-3-26-17-12-8-5-9-14(17)13-18(26)20-19(24(31)32-4-2)21(25)28-23(30)16-11-7-6-10-15(16)22(29)27(20)28/h5-13,20H,3-4,25H2,1-2H3. The minimum atomic E-state index is -0.897. The summed E-state index contributed by atoms with van der Waals surface area (Å²) < 4.78 is 9.70. The van der Waals surface area contributed by atoms with Crippen molar-refractivity contribution in [1.82, 2.24) is 13.9 Å². The molecule has 8 heteroatoms. The van der Waals surface area contributed by atoms with Crippen LogP contribution in [-0.2, 0) is 16.1 Å². The smallest absolute Gasteiger partial charge is 0.340 e. The molecule has 0 spiro atoms. The lowest BCUT2D eigenvalue weighted by Crippen LogP contribution is -2.38. The van der Waals surface area contributed by atoms with E-state index in [1.54, 1.807) is 31.2 Å². The zero-order valence-corrected chi connectivity index (χ0v) is 17.7. The summed E-state index contributed by atoms with van der Waals surface area (Å²) in [5.41, 5.74) is 7.23. The van der Waals surface area contributed by atoms with Crippen molar-refractivity contribution >= 4 is 33.5 Å². The van der Waals surface area contributed by atoms with Gasteiger partial charge in [-0.15, -0.1) is 0 Å². The van der Waals surface area contributed by atoms with E-state index in [-0.39, 0.29) is 28.8 Å². The van der Waals surface area contributed by atoms with E-state index >= 15 is 0 Å². The van der Waals surface area contributed by atoms with Crippen LogP contribution < -0.4 is 16.9 Å². The second-order valence-corrected chi connectivity index (χ2v) is 7.61. The van der Waals surface area contributed by atoms with Crippen LogP contribution in [-0.4, -0.2) is 26.5 Å². The van der Waals surface area contributed by atoms with Gasteiger partial charge in [0.25, 0.3) is 11.1 Å². The van der Waals surface area contributed by atoms with Gasteiger partial charge < -0.3 is 15.0 Å². The number of fused-ring (bicyclic) bond motifs is 3. The quantitative estimate of drug-likeness (QED) is 0.501. The molecule has 3 heterocycles. The third kappa shape index (κ3) is 2.59. The molecule has 1 aliphatic rings. The zero-order valence-electron chi connectivity index (χ0n) is 17.7. The number of nitrogens with zero attached hydrogens (tertiary/aromatic N) is 3. The highest BCUT2D eigenvalue weighted by atomic mass is 16.5. The highest BCUT2D eigenvalue weighted by molar-refractivity contribution is 5.97. The molecule has 32 heavy (non-hydrogen) atoms. The molecule has 0 bridgehead atoms. The van der Waals surface area contributed by atoms with Gasteiger partial charge in [-0.1, -0.05) is 30.3 Å². The summed E-state index contributed by atoms with van der Waals surface area (Å²) in [4.78, 5) is 40.0. The number of benzene rings is 2. The lowest BCUT2D eigenvalue weighted by atomic mass is 10.0. The van der Waals surface area contributed by atoms with Gasteiger partial charge in [-0.25, -0.2) is 9.48 Å². The Morgan fingerprint density at radius 3 is 2.34 bits per heavy atom. The topological polar surface area (TPSA) is 101 Å². The normalized spacial score (nSPS) is 15.5. The van der Waals surface area contributed by atoms with Crippen LogP contribution >= 0.6 is 0 Å². The van der Waals surface area contributed by atoms with Gasteiger partial charge in [-0.3, -0.25) is 9.59 Å². The summed E-state index contributed by atoms with van der Waals surface area (Å²) in [6.45, 7) is 4.42. The van der Waals surface area contributed by atoms with Gasteiger partial charge in [-0.05, 0) is 43.5 Å². The number of para-hydroxylation sites is 1. The molecule has 0 saturated heterocycles. The summed E-state index contributed by atoms with van der Waals surface area (Å²) in [6.07, 6.45) is 0. The fourth-order valence-electron chi connectivity index (χ4n) is 4.63. The average Bonchev–Trinajstić information content (AvgIpc) is 3.32. The molecule has 4 aromatic rings. The number of carbonyl (C=O) groups is 1. The van der Waals surface area contributed by atoms with Crippen molar-refractivity contribution in [3.05, 3.63) is 86.6 Å². The third-order valence-corrected chi connectivity index (χ3v) is 5.96. The summed E-state index contributed by atoms with van der Waals surface area (Å²) in [7, 11) is 0. The lowest BCUT2D eigenvalue weighted by molar-refractivity contribution is -0.138. The molecule has 2 aromatic carbocycles. The van der Waals surface area contributed by atoms with Crippen molar-refractivity contribution in [3.63, 3.8) is 0 Å². The van der Waals surface area contributed by atoms with Gasteiger partial charge >= 0.3 is 5.97 Å². The van der Waals surface area contributed by atoms with E-state index in [0.717, 1.165) is 15.6 Å². The van der Waals surface area contributed by atoms with Gasteiger partial charge in [0, 0.05) is 17.8 Å².